The van der Waals surface area contributed by atoms with Gasteiger partial charge < -0.3 is 10.1 Å². The van der Waals surface area contributed by atoms with Crippen LogP contribution < -0.4 is 5.56 Å². The Bertz CT molecular complexity index is 557. The van der Waals surface area contributed by atoms with Crippen molar-refractivity contribution < 1.29 is 5.11 Å². The van der Waals surface area contributed by atoms with Crippen molar-refractivity contribution in [2.75, 3.05) is 0 Å². The first-order valence-corrected chi connectivity index (χ1v) is 5.55. The highest BCUT2D eigenvalue weighted by atomic mass is 16.3. The Morgan fingerprint density at radius 2 is 2.12 bits per heavy atom. The molecule has 3 heteroatoms. The van der Waals surface area contributed by atoms with Crippen molar-refractivity contribution in [3.05, 3.63) is 40.2 Å². The Balaban J connectivity index is 2.58. The van der Waals surface area contributed by atoms with Crippen LogP contribution in [0.25, 0.3) is 10.9 Å². The SMILES string of the molecule is CCCCc1cc(=O)[nH]c2cc(O)ccc12. The van der Waals surface area contributed by atoms with Crippen LogP contribution in [0.1, 0.15) is 25.3 Å². The minimum atomic E-state index is -0.107. The largest absolute Gasteiger partial charge is 0.508 e. The summed E-state index contributed by atoms with van der Waals surface area (Å²) in [4.78, 5) is 14.2. The van der Waals surface area contributed by atoms with E-state index < -0.39 is 0 Å². The van der Waals surface area contributed by atoms with Crippen LogP contribution in [0.3, 0.4) is 0 Å². The van der Waals surface area contributed by atoms with Crippen LogP contribution in [0, 0.1) is 0 Å². The number of aromatic amines is 1. The number of hydrogen-bond donors (Lipinski definition) is 2. The number of fused-ring (bicyclic) bond motifs is 1. The molecule has 16 heavy (non-hydrogen) atoms. The van der Waals surface area contributed by atoms with Crippen LogP contribution in [-0.4, -0.2) is 10.1 Å². The summed E-state index contributed by atoms with van der Waals surface area (Å²) in [5, 5.41) is 10.4. The number of aryl methyl sites for hydroxylation is 1. The maximum atomic E-state index is 11.4. The van der Waals surface area contributed by atoms with Crippen LogP contribution in [0.5, 0.6) is 5.75 Å². The minimum absolute atomic E-state index is 0.107. The number of phenolic OH excluding ortho intramolecular Hbond substituents is 1. The van der Waals surface area contributed by atoms with E-state index in [-0.39, 0.29) is 11.3 Å². The molecule has 0 amide bonds. The van der Waals surface area contributed by atoms with E-state index in [4.69, 9.17) is 0 Å². The quantitative estimate of drug-likeness (QED) is 0.830. The average molecular weight is 217 g/mol. The molecular weight excluding hydrogens is 202 g/mol. The first-order valence-electron chi connectivity index (χ1n) is 5.55. The number of benzene rings is 1. The van der Waals surface area contributed by atoms with Crippen LogP contribution in [-0.2, 0) is 6.42 Å². The lowest BCUT2D eigenvalue weighted by atomic mass is 10.0. The van der Waals surface area contributed by atoms with Gasteiger partial charge in [-0.1, -0.05) is 13.3 Å². The average Bonchev–Trinajstić information content (AvgIpc) is 2.25. The van der Waals surface area contributed by atoms with Crippen molar-refractivity contribution in [1.29, 1.82) is 0 Å². The number of nitrogens with one attached hydrogen (secondary N) is 1. The number of unbranched alkanes of at least 4 members (excludes halogenated alkanes) is 1. The molecule has 2 N–H and O–H groups in total. The summed E-state index contributed by atoms with van der Waals surface area (Å²) >= 11 is 0. The second kappa shape index (κ2) is 4.39. The number of hydrogen-bond acceptors (Lipinski definition) is 2. The normalized spacial score (nSPS) is 10.8. The smallest absolute Gasteiger partial charge is 0.248 e. The van der Waals surface area contributed by atoms with Gasteiger partial charge in [0.25, 0.3) is 0 Å². The summed E-state index contributed by atoms with van der Waals surface area (Å²) in [5.74, 6) is 0.177. The molecule has 0 aliphatic rings. The summed E-state index contributed by atoms with van der Waals surface area (Å²) in [7, 11) is 0. The molecule has 0 spiro atoms. The first-order chi connectivity index (χ1) is 7.70. The summed E-state index contributed by atoms with van der Waals surface area (Å²) in [6, 6.07) is 6.74. The van der Waals surface area contributed by atoms with Gasteiger partial charge in [0.05, 0.1) is 5.52 Å². The fourth-order valence-corrected chi connectivity index (χ4v) is 1.89. The maximum Gasteiger partial charge on any atom is 0.248 e. The standard InChI is InChI=1S/C13H15NO2/c1-2-3-4-9-7-13(16)14-12-8-10(15)5-6-11(9)12/h5-8,15H,2-4H2,1H3,(H,14,16). The zero-order valence-corrected chi connectivity index (χ0v) is 9.29. The predicted molar refractivity (Wildman–Crippen MR) is 64.8 cm³/mol. The molecule has 0 fully saturated rings. The van der Waals surface area contributed by atoms with Crippen LogP contribution >= 0.6 is 0 Å². The molecule has 1 aromatic carbocycles. The predicted octanol–water partition coefficient (Wildman–Crippen LogP) is 2.58. The Morgan fingerprint density at radius 3 is 2.88 bits per heavy atom. The summed E-state index contributed by atoms with van der Waals surface area (Å²) in [6.07, 6.45) is 3.08. The van der Waals surface area contributed by atoms with E-state index in [0.29, 0.717) is 5.52 Å². The molecule has 1 aromatic heterocycles. The number of phenols is 1. The topological polar surface area (TPSA) is 53.1 Å². The van der Waals surface area contributed by atoms with Crippen molar-refractivity contribution in [1.82, 2.24) is 4.98 Å². The summed E-state index contributed by atoms with van der Waals surface area (Å²) in [5.41, 5.74) is 1.66. The minimum Gasteiger partial charge on any atom is -0.508 e. The van der Waals surface area contributed by atoms with Gasteiger partial charge in [-0.05, 0) is 30.5 Å². The third kappa shape index (κ3) is 2.08. The fourth-order valence-electron chi connectivity index (χ4n) is 1.89. The van der Waals surface area contributed by atoms with Crippen molar-refractivity contribution in [3.63, 3.8) is 0 Å². The summed E-state index contributed by atoms with van der Waals surface area (Å²) < 4.78 is 0. The van der Waals surface area contributed by atoms with Gasteiger partial charge in [-0.25, -0.2) is 0 Å². The van der Waals surface area contributed by atoms with E-state index >= 15 is 0 Å². The van der Waals surface area contributed by atoms with Crippen LogP contribution in [0.2, 0.25) is 0 Å². The van der Waals surface area contributed by atoms with Gasteiger partial charge in [0.15, 0.2) is 0 Å². The van der Waals surface area contributed by atoms with Crippen molar-refractivity contribution in [2.24, 2.45) is 0 Å². The van der Waals surface area contributed by atoms with Crippen LogP contribution in [0.15, 0.2) is 29.1 Å². The lowest BCUT2D eigenvalue weighted by Gasteiger charge is -2.05. The number of aromatic nitrogens is 1. The van der Waals surface area contributed by atoms with Gasteiger partial charge in [-0.3, -0.25) is 4.79 Å². The Kier molecular flexibility index (Phi) is 2.95. The van der Waals surface area contributed by atoms with Gasteiger partial charge in [0.1, 0.15) is 5.75 Å². The highest BCUT2D eigenvalue weighted by Gasteiger charge is 2.03. The molecule has 0 unspecified atom stereocenters. The van der Waals surface area contributed by atoms with Gasteiger partial charge >= 0.3 is 0 Å². The Morgan fingerprint density at radius 1 is 1.31 bits per heavy atom. The highest BCUT2D eigenvalue weighted by molar-refractivity contribution is 5.83. The Labute approximate surface area is 93.7 Å². The Hall–Kier alpha value is -1.77. The van der Waals surface area contributed by atoms with Crippen LogP contribution in [0.4, 0.5) is 0 Å². The number of rotatable bonds is 3. The second-order valence-electron chi connectivity index (χ2n) is 3.99. The molecule has 0 saturated carbocycles. The molecule has 2 aromatic rings. The molecular formula is C13H15NO2. The lowest BCUT2D eigenvalue weighted by Crippen LogP contribution is -2.06. The molecule has 84 valence electrons. The molecule has 0 bridgehead atoms. The van der Waals surface area contributed by atoms with Crippen molar-refractivity contribution >= 4 is 10.9 Å². The van der Waals surface area contributed by atoms with E-state index in [2.05, 4.69) is 11.9 Å². The van der Waals surface area contributed by atoms with E-state index in [1.807, 2.05) is 6.07 Å². The van der Waals surface area contributed by atoms with Crippen molar-refractivity contribution in [3.8, 4) is 5.75 Å². The molecule has 0 atom stereocenters. The molecule has 0 aliphatic heterocycles. The molecule has 0 radical (unpaired) electrons. The number of pyridine rings is 1. The van der Waals surface area contributed by atoms with Gasteiger partial charge in [0.2, 0.25) is 5.56 Å². The number of aromatic hydroxyl groups is 1. The zero-order chi connectivity index (χ0) is 11.5. The molecule has 2 rings (SSSR count). The zero-order valence-electron chi connectivity index (χ0n) is 9.29. The number of H-pyrrole nitrogens is 1. The van der Waals surface area contributed by atoms with E-state index in [0.717, 1.165) is 30.2 Å². The van der Waals surface area contributed by atoms with Gasteiger partial charge in [-0.15, -0.1) is 0 Å². The molecule has 1 heterocycles. The maximum absolute atomic E-state index is 11.4. The molecule has 0 aliphatic carbocycles. The second-order valence-corrected chi connectivity index (χ2v) is 3.99. The van der Waals surface area contributed by atoms with E-state index in [9.17, 15) is 9.90 Å². The fraction of sp³-hybridized carbons (Fsp3) is 0.308. The lowest BCUT2D eigenvalue weighted by molar-refractivity contribution is 0.476. The third-order valence-corrected chi connectivity index (χ3v) is 2.71. The third-order valence-electron chi connectivity index (χ3n) is 2.71. The molecule has 0 saturated heterocycles. The molecule has 3 nitrogen and oxygen atoms in total. The monoisotopic (exact) mass is 217 g/mol. The van der Waals surface area contributed by atoms with Crippen molar-refractivity contribution in [2.45, 2.75) is 26.2 Å². The summed E-state index contributed by atoms with van der Waals surface area (Å²) in [6.45, 7) is 2.13. The van der Waals surface area contributed by atoms with E-state index in [1.165, 1.54) is 0 Å². The van der Waals surface area contributed by atoms with Gasteiger partial charge in [0, 0.05) is 17.5 Å². The van der Waals surface area contributed by atoms with E-state index in [1.54, 1.807) is 18.2 Å². The highest BCUT2D eigenvalue weighted by Crippen LogP contribution is 2.21. The first kappa shape index (κ1) is 10.7. The van der Waals surface area contributed by atoms with Gasteiger partial charge in [-0.2, -0.15) is 0 Å².